The summed E-state index contributed by atoms with van der Waals surface area (Å²) in [4.78, 5) is 36.4. The first-order chi connectivity index (χ1) is 14.0. The van der Waals surface area contributed by atoms with Gasteiger partial charge in [0.15, 0.2) is 0 Å². The molecule has 0 aliphatic rings. The van der Waals surface area contributed by atoms with E-state index < -0.39 is 11.8 Å². The number of benzene rings is 1. The van der Waals surface area contributed by atoms with E-state index in [9.17, 15) is 14.0 Å². The van der Waals surface area contributed by atoms with Crippen molar-refractivity contribution in [3.8, 4) is 11.1 Å². The lowest BCUT2D eigenvalue weighted by atomic mass is 10.1. The van der Waals surface area contributed by atoms with Gasteiger partial charge in [0.1, 0.15) is 24.4 Å². The molecule has 29 heavy (non-hydrogen) atoms. The van der Waals surface area contributed by atoms with Gasteiger partial charge in [0.2, 0.25) is 0 Å². The number of fused-ring (bicyclic) bond motifs is 1. The zero-order chi connectivity index (χ0) is 20.4. The second-order valence-corrected chi connectivity index (χ2v) is 6.50. The first kappa shape index (κ1) is 18.7. The van der Waals surface area contributed by atoms with Gasteiger partial charge in [-0.2, -0.15) is 0 Å². The fraction of sp³-hybridized carbons (Fsp3) is 0.0500. The summed E-state index contributed by atoms with van der Waals surface area (Å²) in [7, 11) is 0. The standard InChI is InChI=1S/C20H12ClFN4O3/c21-14-2-4-18-25-15(6-19(27)26(18)9-14)10-29-20(28)16-3-1-12(5-17(16)22)13-7-23-11-24-8-13/h1-9,11H,10H2. The first-order valence-corrected chi connectivity index (χ1v) is 8.79. The maximum Gasteiger partial charge on any atom is 0.341 e. The third-order valence-corrected chi connectivity index (χ3v) is 4.33. The number of rotatable bonds is 4. The van der Waals surface area contributed by atoms with Gasteiger partial charge in [0.05, 0.1) is 16.3 Å². The topological polar surface area (TPSA) is 86.5 Å². The molecule has 0 fully saturated rings. The third-order valence-electron chi connectivity index (χ3n) is 4.11. The SMILES string of the molecule is O=C(OCc1cc(=O)n2cc(Cl)ccc2n1)c1ccc(-c2cncnc2)cc1F. The molecular weight excluding hydrogens is 399 g/mol. The van der Waals surface area contributed by atoms with Gasteiger partial charge in [-0.15, -0.1) is 0 Å². The number of aromatic nitrogens is 4. The summed E-state index contributed by atoms with van der Waals surface area (Å²) in [5.74, 6) is -1.60. The van der Waals surface area contributed by atoms with E-state index in [0.717, 1.165) is 0 Å². The highest BCUT2D eigenvalue weighted by atomic mass is 35.5. The Labute approximate surface area is 168 Å². The molecule has 0 spiro atoms. The molecule has 1 aromatic carbocycles. The highest BCUT2D eigenvalue weighted by Gasteiger charge is 2.15. The Hall–Kier alpha value is -3.65. The van der Waals surface area contributed by atoms with Crippen LogP contribution in [0.15, 0.2) is 66.1 Å². The number of carbonyl (C=O) groups excluding carboxylic acids is 1. The van der Waals surface area contributed by atoms with Gasteiger partial charge in [-0.1, -0.05) is 17.7 Å². The van der Waals surface area contributed by atoms with Gasteiger partial charge >= 0.3 is 5.97 Å². The number of pyridine rings is 1. The lowest BCUT2D eigenvalue weighted by Crippen LogP contribution is -2.16. The van der Waals surface area contributed by atoms with Crippen molar-refractivity contribution in [2.45, 2.75) is 6.61 Å². The summed E-state index contributed by atoms with van der Waals surface area (Å²) in [6.45, 7) is -0.277. The van der Waals surface area contributed by atoms with Crippen LogP contribution in [0.3, 0.4) is 0 Å². The van der Waals surface area contributed by atoms with E-state index in [1.165, 1.54) is 47.5 Å². The number of hydrogen-bond acceptors (Lipinski definition) is 6. The fourth-order valence-corrected chi connectivity index (χ4v) is 2.89. The molecule has 0 bridgehead atoms. The molecule has 7 nitrogen and oxygen atoms in total. The molecule has 0 aliphatic heterocycles. The summed E-state index contributed by atoms with van der Waals surface area (Å²) < 4.78 is 20.8. The average molecular weight is 411 g/mol. The van der Waals surface area contributed by atoms with Crippen LogP contribution in [0.1, 0.15) is 16.1 Å². The Morgan fingerprint density at radius 3 is 2.66 bits per heavy atom. The predicted octanol–water partition coefficient (Wildman–Crippen LogP) is 3.30. The molecular formula is C20H12ClFN4O3. The zero-order valence-electron chi connectivity index (χ0n) is 14.8. The van der Waals surface area contributed by atoms with Crippen molar-refractivity contribution in [3.05, 3.63) is 93.8 Å². The van der Waals surface area contributed by atoms with Gasteiger partial charge in [-0.05, 0) is 29.8 Å². The van der Waals surface area contributed by atoms with Crippen molar-refractivity contribution >= 4 is 23.2 Å². The largest absolute Gasteiger partial charge is 0.455 e. The van der Waals surface area contributed by atoms with E-state index >= 15 is 0 Å². The van der Waals surface area contributed by atoms with Gasteiger partial charge < -0.3 is 4.74 Å². The van der Waals surface area contributed by atoms with Crippen molar-refractivity contribution in [1.29, 1.82) is 0 Å². The molecule has 4 aromatic rings. The minimum atomic E-state index is -0.864. The number of halogens is 2. The fourth-order valence-electron chi connectivity index (χ4n) is 2.73. The van der Waals surface area contributed by atoms with Crippen molar-refractivity contribution < 1.29 is 13.9 Å². The summed E-state index contributed by atoms with van der Waals surface area (Å²) in [6.07, 6.45) is 5.89. The van der Waals surface area contributed by atoms with E-state index in [4.69, 9.17) is 16.3 Å². The summed E-state index contributed by atoms with van der Waals surface area (Å²) in [5, 5.41) is 0.390. The van der Waals surface area contributed by atoms with Crippen LogP contribution in [0.4, 0.5) is 4.39 Å². The first-order valence-electron chi connectivity index (χ1n) is 8.41. The Kier molecular flexibility index (Phi) is 5.01. The van der Waals surface area contributed by atoms with Crippen LogP contribution in [0, 0.1) is 5.82 Å². The number of hydrogen-bond donors (Lipinski definition) is 0. The Bertz CT molecular complexity index is 1280. The van der Waals surface area contributed by atoms with Crippen LogP contribution >= 0.6 is 11.6 Å². The molecule has 0 radical (unpaired) electrons. The lowest BCUT2D eigenvalue weighted by Gasteiger charge is -2.08. The van der Waals surface area contributed by atoms with Crippen LogP contribution < -0.4 is 5.56 Å². The number of carbonyl (C=O) groups is 1. The third kappa shape index (κ3) is 3.97. The van der Waals surface area contributed by atoms with Crippen molar-refractivity contribution in [3.63, 3.8) is 0 Å². The van der Waals surface area contributed by atoms with Crippen LogP contribution in [0.5, 0.6) is 0 Å². The molecule has 9 heteroatoms. The molecule has 3 aromatic heterocycles. The normalized spacial score (nSPS) is 10.8. The Balaban J connectivity index is 1.52. The lowest BCUT2D eigenvalue weighted by molar-refractivity contribution is 0.0462. The quantitative estimate of drug-likeness (QED) is 0.480. The second-order valence-electron chi connectivity index (χ2n) is 6.06. The maximum absolute atomic E-state index is 14.4. The predicted molar refractivity (Wildman–Crippen MR) is 103 cm³/mol. The average Bonchev–Trinajstić information content (AvgIpc) is 2.73. The van der Waals surface area contributed by atoms with E-state index in [1.807, 2.05) is 0 Å². The van der Waals surface area contributed by atoms with E-state index in [1.54, 1.807) is 18.2 Å². The van der Waals surface area contributed by atoms with E-state index in [-0.39, 0.29) is 23.4 Å². The summed E-state index contributed by atoms with van der Waals surface area (Å²) in [6, 6.07) is 8.49. The minimum absolute atomic E-state index is 0.227. The van der Waals surface area contributed by atoms with Crippen molar-refractivity contribution in [2.75, 3.05) is 0 Å². The molecule has 0 amide bonds. The van der Waals surface area contributed by atoms with E-state index in [2.05, 4.69) is 15.0 Å². The van der Waals surface area contributed by atoms with Gasteiger partial charge in [0.25, 0.3) is 5.56 Å². The maximum atomic E-state index is 14.4. The second kappa shape index (κ2) is 7.76. The van der Waals surface area contributed by atoms with Crippen LogP contribution in [0.25, 0.3) is 16.8 Å². The molecule has 0 saturated carbocycles. The highest BCUT2D eigenvalue weighted by molar-refractivity contribution is 6.30. The summed E-state index contributed by atoms with van der Waals surface area (Å²) in [5.41, 5.74) is 1.14. The number of ether oxygens (including phenoxy) is 1. The zero-order valence-corrected chi connectivity index (χ0v) is 15.5. The molecule has 144 valence electrons. The Morgan fingerprint density at radius 1 is 1.10 bits per heavy atom. The van der Waals surface area contributed by atoms with Crippen molar-refractivity contribution in [2.24, 2.45) is 0 Å². The minimum Gasteiger partial charge on any atom is -0.455 e. The molecule has 0 aliphatic carbocycles. The molecule has 0 unspecified atom stereocenters. The molecule has 0 N–H and O–H groups in total. The van der Waals surface area contributed by atoms with Gasteiger partial charge in [-0.3, -0.25) is 9.20 Å². The van der Waals surface area contributed by atoms with Gasteiger partial charge in [-0.25, -0.2) is 24.1 Å². The van der Waals surface area contributed by atoms with E-state index in [0.29, 0.717) is 21.8 Å². The van der Waals surface area contributed by atoms with Crippen LogP contribution in [-0.4, -0.2) is 25.3 Å². The molecule has 3 heterocycles. The number of esters is 1. The monoisotopic (exact) mass is 410 g/mol. The van der Waals surface area contributed by atoms with Gasteiger partial charge in [0, 0.05) is 30.2 Å². The smallest absolute Gasteiger partial charge is 0.341 e. The summed E-state index contributed by atoms with van der Waals surface area (Å²) >= 11 is 5.87. The van der Waals surface area contributed by atoms with Crippen LogP contribution in [-0.2, 0) is 11.3 Å². The number of nitrogens with zero attached hydrogens (tertiary/aromatic N) is 4. The van der Waals surface area contributed by atoms with Crippen LogP contribution in [0.2, 0.25) is 5.02 Å². The Morgan fingerprint density at radius 2 is 1.90 bits per heavy atom. The molecule has 0 saturated heterocycles. The molecule has 4 rings (SSSR count). The van der Waals surface area contributed by atoms with Crippen molar-refractivity contribution in [1.82, 2.24) is 19.4 Å². The highest BCUT2D eigenvalue weighted by Crippen LogP contribution is 2.21. The molecule has 0 atom stereocenters.